The van der Waals surface area contributed by atoms with Crippen LogP contribution in [0.3, 0.4) is 0 Å². The second kappa shape index (κ2) is 6.02. The highest BCUT2D eigenvalue weighted by molar-refractivity contribution is 7.86. The standard InChI is InChI=1S/C15H23N3O2S/c1-13-7-10-17(11-8-13)21(19,20)18(15-5-6-15)12-14-4-2-3-9-16-14/h2-4,9,13,15H,5-8,10-12H2,1H3. The van der Waals surface area contributed by atoms with Gasteiger partial charge in [0, 0.05) is 25.3 Å². The summed E-state index contributed by atoms with van der Waals surface area (Å²) in [7, 11) is -3.36. The summed E-state index contributed by atoms with van der Waals surface area (Å²) in [6.45, 7) is 3.88. The Balaban J connectivity index is 1.76. The number of hydrogen-bond acceptors (Lipinski definition) is 3. The van der Waals surface area contributed by atoms with Gasteiger partial charge in [-0.05, 0) is 43.7 Å². The van der Waals surface area contributed by atoms with Crippen LogP contribution in [0.1, 0.15) is 38.3 Å². The molecule has 1 aromatic heterocycles. The van der Waals surface area contributed by atoms with Crippen molar-refractivity contribution in [1.29, 1.82) is 0 Å². The molecule has 1 aliphatic heterocycles. The molecule has 1 saturated heterocycles. The molecule has 0 spiro atoms. The van der Waals surface area contributed by atoms with Crippen molar-refractivity contribution in [2.24, 2.45) is 5.92 Å². The predicted molar refractivity (Wildman–Crippen MR) is 81.7 cm³/mol. The minimum absolute atomic E-state index is 0.163. The number of nitrogens with zero attached hydrogens (tertiary/aromatic N) is 3. The quantitative estimate of drug-likeness (QED) is 0.836. The first-order valence-corrected chi connectivity index (χ1v) is 9.14. The van der Waals surface area contributed by atoms with Crippen molar-refractivity contribution < 1.29 is 8.42 Å². The minimum Gasteiger partial charge on any atom is -0.260 e. The molecule has 0 amide bonds. The van der Waals surface area contributed by atoms with Gasteiger partial charge in [-0.2, -0.15) is 17.0 Å². The first kappa shape index (κ1) is 14.9. The van der Waals surface area contributed by atoms with Crippen LogP contribution in [0, 0.1) is 5.92 Å². The first-order chi connectivity index (χ1) is 10.1. The molecule has 3 rings (SSSR count). The van der Waals surface area contributed by atoms with E-state index < -0.39 is 10.2 Å². The average Bonchev–Trinajstić information content (AvgIpc) is 3.31. The molecule has 116 valence electrons. The summed E-state index contributed by atoms with van der Waals surface area (Å²) in [4.78, 5) is 4.27. The Morgan fingerprint density at radius 2 is 1.95 bits per heavy atom. The number of piperidine rings is 1. The van der Waals surface area contributed by atoms with Crippen molar-refractivity contribution in [2.45, 2.75) is 45.2 Å². The molecule has 21 heavy (non-hydrogen) atoms. The van der Waals surface area contributed by atoms with E-state index in [0.717, 1.165) is 31.4 Å². The van der Waals surface area contributed by atoms with Crippen LogP contribution in [0.4, 0.5) is 0 Å². The third-order valence-electron chi connectivity index (χ3n) is 4.36. The SMILES string of the molecule is CC1CCN(S(=O)(=O)N(Cc2ccccn2)C2CC2)CC1. The van der Waals surface area contributed by atoms with Gasteiger partial charge in [-0.25, -0.2) is 0 Å². The summed E-state index contributed by atoms with van der Waals surface area (Å²) in [5.41, 5.74) is 0.818. The number of rotatable bonds is 5. The Morgan fingerprint density at radius 3 is 2.52 bits per heavy atom. The lowest BCUT2D eigenvalue weighted by Gasteiger charge is -2.34. The summed E-state index contributed by atoms with van der Waals surface area (Å²) in [5, 5.41) is 0. The second-order valence-corrected chi connectivity index (χ2v) is 8.07. The maximum absolute atomic E-state index is 12.9. The molecule has 2 heterocycles. The molecular weight excluding hydrogens is 286 g/mol. The topological polar surface area (TPSA) is 53.5 Å². The predicted octanol–water partition coefficient (Wildman–Crippen LogP) is 2.02. The van der Waals surface area contributed by atoms with E-state index in [1.807, 2.05) is 18.2 Å². The molecule has 6 heteroatoms. The Hall–Kier alpha value is -0.980. The Kier molecular flexibility index (Phi) is 4.28. The summed E-state index contributed by atoms with van der Waals surface area (Å²) < 4.78 is 29.1. The zero-order chi connectivity index (χ0) is 14.9. The fourth-order valence-corrected chi connectivity index (χ4v) is 4.63. The van der Waals surface area contributed by atoms with Crippen LogP contribution in [0.25, 0.3) is 0 Å². The zero-order valence-electron chi connectivity index (χ0n) is 12.5. The average molecular weight is 309 g/mol. The van der Waals surface area contributed by atoms with Gasteiger partial charge in [0.15, 0.2) is 0 Å². The van der Waals surface area contributed by atoms with Crippen molar-refractivity contribution in [3.63, 3.8) is 0 Å². The number of pyridine rings is 1. The fourth-order valence-electron chi connectivity index (χ4n) is 2.78. The molecule has 0 bridgehead atoms. The highest BCUT2D eigenvalue weighted by atomic mass is 32.2. The molecule has 1 aromatic rings. The van der Waals surface area contributed by atoms with Gasteiger partial charge in [-0.3, -0.25) is 4.98 Å². The van der Waals surface area contributed by atoms with Crippen LogP contribution in [0.15, 0.2) is 24.4 Å². The molecule has 0 N–H and O–H groups in total. The van der Waals surface area contributed by atoms with Gasteiger partial charge in [0.05, 0.1) is 12.2 Å². The van der Waals surface area contributed by atoms with Crippen LogP contribution in [0.2, 0.25) is 0 Å². The van der Waals surface area contributed by atoms with Crippen molar-refractivity contribution in [2.75, 3.05) is 13.1 Å². The van der Waals surface area contributed by atoms with E-state index in [-0.39, 0.29) is 6.04 Å². The molecule has 0 atom stereocenters. The Morgan fingerprint density at radius 1 is 1.24 bits per heavy atom. The summed E-state index contributed by atoms with van der Waals surface area (Å²) in [6, 6.07) is 5.81. The summed E-state index contributed by atoms with van der Waals surface area (Å²) in [5.74, 6) is 0.626. The molecule has 5 nitrogen and oxygen atoms in total. The van der Waals surface area contributed by atoms with Crippen molar-refractivity contribution in [3.8, 4) is 0 Å². The van der Waals surface area contributed by atoms with E-state index in [0.29, 0.717) is 25.6 Å². The highest BCUT2D eigenvalue weighted by Gasteiger charge is 2.41. The molecular formula is C15H23N3O2S. The van der Waals surface area contributed by atoms with E-state index in [2.05, 4.69) is 11.9 Å². The van der Waals surface area contributed by atoms with Gasteiger partial charge in [-0.15, -0.1) is 0 Å². The maximum Gasteiger partial charge on any atom is 0.282 e. The first-order valence-electron chi connectivity index (χ1n) is 7.74. The number of hydrogen-bond donors (Lipinski definition) is 0. The molecule has 2 fully saturated rings. The Labute approximate surface area is 127 Å². The monoisotopic (exact) mass is 309 g/mol. The maximum atomic E-state index is 12.9. The van der Waals surface area contributed by atoms with Crippen LogP contribution < -0.4 is 0 Å². The normalized spacial score (nSPS) is 21.8. The van der Waals surface area contributed by atoms with Crippen molar-refractivity contribution >= 4 is 10.2 Å². The van der Waals surface area contributed by atoms with Crippen molar-refractivity contribution in [3.05, 3.63) is 30.1 Å². The van der Waals surface area contributed by atoms with Crippen LogP contribution in [-0.2, 0) is 16.8 Å². The van der Waals surface area contributed by atoms with Gasteiger partial charge in [-0.1, -0.05) is 13.0 Å². The van der Waals surface area contributed by atoms with Crippen LogP contribution in [-0.4, -0.2) is 41.1 Å². The Bertz CT molecular complexity index is 564. The van der Waals surface area contributed by atoms with E-state index in [4.69, 9.17) is 0 Å². The molecule has 0 unspecified atom stereocenters. The van der Waals surface area contributed by atoms with E-state index in [1.165, 1.54) is 0 Å². The number of aromatic nitrogens is 1. The lowest BCUT2D eigenvalue weighted by molar-refractivity contribution is 0.259. The van der Waals surface area contributed by atoms with Gasteiger partial charge in [0.2, 0.25) is 0 Å². The van der Waals surface area contributed by atoms with Crippen LogP contribution in [0.5, 0.6) is 0 Å². The second-order valence-electron chi connectivity index (χ2n) is 6.19. The molecule has 2 aliphatic rings. The van der Waals surface area contributed by atoms with Gasteiger partial charge in [0.1, 0.15) is 0 Å². The van der Waals surface area contributed by atoms with E-state index in [1.54, 1.807) is 14.8 Å². The lowest BCUT2D eigenvalue weighted by atomic mass is 10.0. The fraction of sp³-hybridized carbons (Fsp3) is 0.667. The largest absolute Gasteiger partial charge is 0.282 e. The smallest absolute Gasteiger partial charge is 0.260 e. The lowest BCUT2D eigenvalue weighted by Crippen LogP contribution is -2.47. The van der Waals surface area contributed by atoms with Gasteiger partial charge < -0.3 is 0 Å². The molecule has 0 aromatic carbocycles. The minimum atomic E-state index is -3.36. The molecule has 1 aliphatic carbocycles. The third kappa shape index (κ3) is 3.44. The third-order valence-corrected chi connectivity index (χ3v) is 6.40. The zero-order valence-corrected chi connectivity index (χ0v) is 13.3. The van der Waals surface area contributed by atoms with Crippen LogP contribution >= 0.6 is 0 Å². The summed E-state index contributed by atoms with van der Waals surface area (Å²) in [6.07, 6.45) is 5.57. The van der Waals surface area contributed by atoms with Gasteiger partial charge in [0.25, 0.3) is 10.2 Å². The van der Waals surface area contributed by atoms with E-state index in [9.17, 15) is 8.42 Å². The van der Waals surface area contributed by atoms with E-state index >= 15 is 0 Å². The van der Waals surface area contributed by atoms with Crippen molar-refractivity contribution in [1.82, 2.24) is 13.6 Å². The molecule has 1 saturated carbocycles. The van der Waals surface area contributed by atoms with Gasteiger partial charge >= 0.3 is 0 Å². The molecule has 0 radical (unpaired) electrons. The highest BCUT2D eigenvalue weighted by Crippen LogP contribution is 2.33. The summed E-state index contributed by atoms with van der Waals surface area (Å²) >= 11 is 0.